The van der Waals surface area contributed by atoms with Gasteiger partial charge in [-0.15, -0.1) is 0 Å². The molecule has 1 unspecified atom stereocenters. The summed E-state index contributed by atoms with van der Waals surface area (Å²) in [4.78, 5) is 16.4. The van der Waals surface area contributed by atoms with Crippen molar-refractivity contribution in [2.75, 3.05) is 32.8 Å². The van der Waals surface area contributed by atoms with Gasteiger partial charge < -0.3 is 9.47 Å². The molecule has 1 saturated carbocycles. The molecule has 0 spiro atoms. The molecule has 2 aliphatic heterocycles. The highest BCUT2D eigenvalue weighted by atomic mass is 19.1. The number of likely N-dealkylation sites (tertiary alicyclic amines) is 2. The Labute approximate surface area is 144 Å². The van der Waals surface area contributed by atoms with Gasteiger partial charge in [-0.05, 0) is 51.9 Å². The lowest BCUT2D eigenvalue weighted by Gasteiger charge is -2.38. The second kappa shape index (κ2) is 8.59. The van der Waals surface area contributed by atoms with Crippen molar-refractivity contribution in [2.24, 2.45) is 5.92 Å². The van der Waals surface area contributed by atoms with Gasteiger partial charge in [0.25, 0.3) is 0 Å². The molecule has 0 aromatic rings. The lowest BCUT2D eigenvalue weighted by atomic mass is 9.87. The van der Waals surface area contributed by atoms with E-state index < -0.39 is 6.17 Å². The first-order valence-corrected chi connectivity index (χ1v) is 9.61. The minimum Gasteiger partial charge on any atom is -0.466 e. The smallest absolute Gasteiger partial charge is 0.308 e. The van der Waals surface area contributed by atoms with Crippen molar-refractivity contribution in [2.45, 2.75) is 70.5 Å². The number of nitrogens with zero attached hydrogens (tertiary/aromatic N) is 2. The van der Waals surface area contributed by atoms with Gasteiger partial charge in [0, 0.05) is 26.2 Å². The second-order valence-electron chi connectivity index (χ2n) is 7.31. The van der Waals surface area contributed by atoms with E-state index in [0.717, 1.165) is 45.3 Å². The molecule has 1 aliphatic carbocycles. The Balaban J connectivity index is 1.53. The van der Waals surface area contributed by atoms with Gasteiger partial charge in [0.1, 0.15) is 6.17 Å². The summed E-state index contributed by atoms with van der Waals surface area (Å²) in [6, 6.07) is 0. The van der Waals surface area contributed by atoms with E-state index in [1.165, 1.54) is 12.8 Å². The van der Waals surface area contributed by atoms with Crippen LogP contribution in [0.3, 0.4) is 0 Å². The van der Waals surface area contributed by atoms with Crippen LogP contribution in [-0.4, -0.2) is 67.2 Å². The van der Waals surface area contributed by atoms with Gasteiger partial charge >= 0.3 is 5.97 Å². The van der Waals surface area contributed by atoms with Crippen LogP contribution in [0.4, 0.5) is 4.39 Å². The number of alkyl halides is 1. The molecule has 2 heterocycles. The van der Waals surface area contributed by atoms with Gasteiger partial charge in [-0.3, -0.25) is 14.6 Å². The lowest BCUT2D eigenvalue weighted by molar-refractivity contribution is -0.180. The van der Waals surface area contributed by atoms with Crippen LogP contribution in [0, 0.1) is 5.92 Å². The van der Waals surface area contributed by atoms with Crippen LogP contribution >= 0.6 is 0 Å². The first-order valence-electron chi connectivity index (χ1n) is 9.61. The average Bonchev–Trinajstić information content (AvgIpc) is 3.25. The number of hydrogen-bond acceptors (Lipinski definition) is 5. The molecule has 0 aromatic carbocycles. The number of esters is 1. The lowest BCUT2D eigenvalue weighted by Crippen LogP contribution is -2.50. The van der Waals surface area contributed by atoms with Crippen LogP contribution in [0.1, 0.15) is 51.9 Å². The summed E-state index contributed by atoms with van der Waals surface area (Å²) in [6.45, 7) is 5.64. The van der Waals surface area contributed by atoms with E-state index >= 15 is 0 Å². The number of halogens is 1. The average molecular weight is 342 g/mol. The standard InChI is InChI=1S/C18H31FN2O3/c1-2-23-17(22)14-5-7-16(8-6-14)24-18(20-10-3-4-11-20)21-12-9-15(19)13-21/h14-16,18H,2-13H2,1H3/t14?,15-,16?,18?/m0/s1. The summed E-state index contributed by atoms with van der Waals surface area (Å²) < 4.78 is 25.2. The molecular weight excluding hydrogens is 311 g/mol. The molecule has 0 aromatic heterocycles. The Bertz CT molecular complexity index is 409. The highest BCUT2D eigenvalue weighted by Crippen LogP contribution is 2.30. The summed E-state index contributed by atoms with van der Waals surface area (Å²) >= 11 is 0. The largest absolute Gasteiger partial charge is 0.466 e. The van der Waals surface area contributed by atoms with Crippen molar-refractivity contribution in [3.63, 3.8) is 0 Å². The maximum atomic E-state index is 13.6. The third-order valence-electron chi connectivity index (χ3n) is 5.54. The normalized spacial score (nSPS) is 33.7. The quantitative estimate of drug-likeness (QED) is 0.694. The van der Waals surface area contributed by atoms with Gasteiger partial charge in [-0.25, -0.2) is 4.39 Å². The highest BCUT2D eigenvalue weighted by Gasteiger charge is 2.36. The summed E-state index contributed by atoms with van der Waals surface area (Å²) in [7, 11) is 0. The summed E-state index contributed by atoms with van der Waals surface area (Å²) in [5.74, 6) is -0.0381. The number of hydrogen-bond donors (Lipinski definition) is 0. The molecule has 0 radical (unpaired) electrons. The third kappa shape index (κ3) is 4.46. The molecule has 2 saturated heterocycles. The summed E-state index contributed by atoms with van der Waals surface area (Å²) in [6.07, 6.45) is 5.81. The molecule has 2 atom stereocenters. The van der Waals surface area contributed by atoms with E-state index in [2.05, 4.69) is 9.80 Å². The first kappa shape index (κ1) is 18.1. The van der Waals surface area contributed by atoms with Gasteiger partial charge in [-0.1, -0.05) is 0 Å². The highest BCUT2D eigenvalue weighted by molar-refractivity contribution is 5.72. The van der Waals surface area contributed by atoms with Gasteiger partial charge in [0.15, 0.2) is 6.35 Å². The fourth-order valence-electron chi connectivity index (χ4n) is 4.18. The Morgan fingerprint density at radius 3 is 2.38 bits per heavy atom. The Kier molecular flexibility index (Phi) is 6.47. The van der Waals surface area contributed by atoms with Crippen LogP contribution in [-0.2, 0) is 14.3 Å². The monoisotopic (exact) mass is 342 g/mol. The van der Waals surface area contributed by atoms with Crippen molar-refractivity contribution in [3.05, 3.63) is 0 Å². The van der Waals surface area contributed by atoms with E-state index in [-0.39, 0.29) is 24.3 Å². The third-order valence-corrected chi connectivity index (χ3v) is 5.54. The van der Waals surface area contributed by atoms with Crippen LogP contribution in [0.5, 0.6) is 0 Å². The van der Waals surface area contributed by atoms with E-state index in [1.54, 1.807) is 0 Å². The molecule has 6 heteroatoms. The van der Waals surface area contributed by atoms with E-state index in [4.69, 9.17) is 9.47 Å². The number of ether oxygens (including phenoxy) is 2. The van der Waals surface area contributed by atoms with Crippen LogP contribution < -0.4 is 0 Å². The molecule has 24 heavy (non-hydrogen) atoms. The van der Waals surface area contributed by atoms with Crippen LogP contribution in [0.25, 0.3) is 0 Å². The van der Waals surface area contributed by atoms with Crippen molar-refractivity contribution < 1.29 is 18.7 Å². The first-order chi connectivity index (χ1) is 11.7. The zero-order chi connectivity index (χ0) is 16.9. The predicted octanol–water partition coefficient (Wildman–Crippen LogP) is 2.55. The molecular formula is C18H31FN2O3. The van der Waals surface area contributed by atoms with Crippen LogP contribution in [0.15, 0.2) is 0 Å². The number of rotatable bonds is 6. The number of carbonyl (C=O) groups excluding carboxylic acids is 1. The molecule has 3 aliphatic rings. The fourth-order valence-corrected chi connectivity index (χ4v) is 4.18. The van der Waals surface area contributed by atoms with Crippen molar-refractivity contribution in [1.82, 2.24) is 9.80 Å². The van der Waals surface area contributed by atoms with Gasteiger partial charge in [0.2, 0.25) is 0 Å². The Morgan fingerprint density at radius 2 is 1.79 bits per heavy atom. The molecule has 3 fully saturated rings. The zero-order valence-corrected chi connectivity index (χ0v) is 14.8. The molecule has 138 valence electrons. The molecule has 3 rings (SSSR count). The SMILES string of the molecule is CCOC(=O)C1CCC(OC(N2CCCC2)N2CC[C@H](F)C2)CC1. The summed E-state index contributed by atoms with van der Waals surface area (Å²) in [5.41, 5.74) is 0. The zero-order valence-electron chi connectivity index (χ0n) is 14.8. The molecule has 0 amide bonds. The molecule has 0 N–H and O–H groups in total. The second-order valence-corrected chi connectivity index (χ2v) is 7.31. The van der Waals surface area contributed by atoms with E-state index in [0.29, 0.717) is 19.6 Å². The minimum atomic E-state index is -0.724. The maximum absolute atomic E-state index is 13.6. The topological polar surface area (TPSA) is 42.0 Å². The summed E-state index contributed by atoms with van der Waals surface area (Å²) in [5, 5.41) is 0. The van der Waals surface area contributed by atoms with Crippen molar-refractivity contribution in [1.29, 1.82) is 0 Å². The minimum absolute atomic E-state index is 0.0250. The van der Waals surface area contributed by atoms with Gasteiger partial charge in [0.05, 0.1) is 18.6 Å². The van der Waals surface area contributed by atoms with Crippen molar-refractivity contribution in [3.8, 4) is 0 Å². The fraction of sp³-hybridized carbons (Fsp3) is 0.944. The van der Waals surface area contributed by atoms with E-state index in [1.807, 2.05) is 6.92 Å². The van der Waals surface area contributed by atoms with Crippen LogP contribution in [0.2, 0.25) is 0 Å². The molecule has 0 bridgehead atoms. The predicted molar refractivity (Wildman–Crippen MR) is 89.1 cm³/mol. The Hall–Kier alpha value is -0.720. The van der Waals surface area contributed by atoms with E-state index in [9.17, 15) is 9.18 Å². The van der Waals surface area contributed by atoms with Crippen molar-refractivity contribution >= 4 is 5.97 Å². The maximum Gasteiger partial charge on any atom is 0.308 e. The van der Waals surface area contributed by atoms with Gasteiger partial charge in [-0.2, -0.15) is 0 Å². The number of carbonyl (C=O) groups is 1. The Morgan fingerprint density at radius 1 is 1.08 bits per heavy atom. The molecule has 5 nitrogen and oxygen atoms in total.